The summed E-state index contributed by atoms with van der Waals surface area (Å²) in [6.45, 7) is 3.64. The third-order valence-corrected chi connectivity index (χ3v) is 13.3. The lowest BCUT2D eigenvalue weighted by Gasteiger charge is -2.40. The molecule has 1 aliphatic rings. The van der Waals surface area contributed by atoms with E-state index >= 15 is 0 Å². The van der Waals surface area contributed by atoms with E-state index < -0.39 is 49.5 Å². The van der Waals surface area contributed by atoms with Gasteiger partial charge in [0.2, 0.25) is 5.91 Å². The highest BCUT2D eigenvalue weighted by Gasteiger charge is 2.44. The molecule has 1 saturated heterocycles. The largest absolute Gasteiger partial charge is 0.394 e. The third kappa shape index (κ3) is 41.7. The predicted molar refractivity (Wildman–Crippen MR) is 308 cm³/mol. The van der Waals surface area contributed by atoms with Crippen molar-refractivity contribution in [3.05, 3.63) is 109 Å². The summed E-state index contributed by atoms with van der Waals surface area (Å²) in [7, 11) is 0. The average Bonchev–Trinajstić information content (AvgIpc) is 3.39. The number of amides is 1. The first-order chi connectivity index (χ1) is 35.8. The minimum atomic E-state index is -1.58. The number of allylic oxidation sites excluding steroid dienone is 17. The van der Waals surface area contributed by atoms with Crippen LogP contribution in [0.25, 0.3) is 0 Å². The maximum atomic E-state index is 13.0. The molecule has 1 aliphatic heterocycles. The van der Waals surface area contributed by atoms with E-state index in [9.17, 15) is 30.3 Å². The summed E-state index contributed by atoms with van der Waals surface area (Å²) in [5, 5.41) is 54.4. The van der Waals surface area contributed by atoms with Crippen LogP contribution < -0.4 is 5.32 Å². The highest BCUT2D eigenvalue weighted by molar-refractivity contribution is 5.76. The Labute approximate surface area is 446 Å². The first kappa shape index (κ1) is 67.9. The normalized spacial score (nSPS) is 19.9. The predicted octanol–water partition coefficient (Wildman–Crippen LogP) is 15.0. The lowest BCUT2D eigenvalue weighted by atomic mass is 9.99. The van der Waals surface area contributed by atoms with Crippen LogP contribution in [0.5, 0.6) is 0 Å². The van der Waals surface area contributed by atoms with Gasteiger partial charge in [0.05, 0.1) is 25.4 Å². The molecule has 0 aromatic heterocycles. The molecule has 1 amide bonds. The first-order valence-electron chi connectivity index (χ1n) is 29.6. The quantitative estimate of drug-likeness (QED) is 0.0261. The lowest BCUT2D eigenvalue weighted by molar-refractivity contribution is -0.302. The van der Waals surface area contributed by atoms with Crippen LogP contribution >= 0.6 is 0 Å². The molecule has 1 fully saturated rings. The molecule has 73 heavy (non-hydrogen) atoms. The molecular weight excluding hydrogens is 911 g/mol. The van der Waals surface area contributed by atoms with Crippen LogP contribution in [-0.4, -0.2) is 87.5 Å². The fourth-order valence-corrected chi connectivity index (χ4v) is 8.68. The number of hydrogen-bond acceptors (Lipinski definition) is 8. The Balaban J connectivity index is 2.17. The minimum absolute atomic E-state index is 0.192. The monoisotopic (exact) mass is 1020 g/mol. The molecule has 9 nitrogen and oxygen atoms in total. The number of carbonyl (C=O) groups is 1. The second-order valence-electron chi connectivity index (χ2n) is 20.0. The zero-order valence-corrected chi connectivity index (χ0v) is 46.4. The second-order valence-corrected chi connectivity index (χ2v) is 20.0. The van der Waals surface area contributed by atoms with Gasteiger partial charge >= 0.3 is 0 Å². The van der Waals surface area contributed by atoms with Gasteiger partial charge in [0.25, 0.3) is 0 Å². The molecule has 0 aromatic rings. The number of hydrogen-bond donors (Lipinski definition) is 6. The topological polar surface area (TPSA) is 149 Å². The smallest absolute Gasteiger partial charge is 0.220 e. The summed E-state index contributed by atoms with van der Waals surface area (Å²) in [5.74, 6) is -0.192. The van der Waals surface area contributed by atoms with E-state index in [0.717, 1.165) is 83.5 Å². The van der Waals surface area contributed by atoms with Crippen LogP contribution in [0.1, 0.15) is 232 Å². The van der Waals surface area contributed by atoms with Crippen LogP contribution in [0.15, 0.2) is 109 Å². The highest BCUT2D eigenvalue weighted by Crippen LogP contribution is 2.23. The Kier molecular flexibility index (Phi) is 48.6. The molecule has 0 bridgehead atoms. The third-order valence-electron chi connectivity index (χ3n) is 13.3. The second kappa shape index (κ2) is 52.3. The summed E-state index contributed by atoms with van der Waals surface area (Å²) in [5.41, 5.74) is 0. The fourth-order valence-electron chi connectivity index (χ4n) is 8.68. The Morgan fingerprint density at radius 1 is 0.479 bits per heavy atom. The van der Waals surface area contributed by atoms with Gasteiger partial charge in [0.15, 0.2) is 6.29 Å². The number of nitrogens with one attached hydrogen (secondary N) is 1. The number of aliphatic hydroxyl groups is 5. The van der Waals surface area contributed by atoms with E-state index in [-0.39, 0.29) is 12.5 Å². The van der Waals surface area contributed by atoms with Crippen LogP contribution in [-0.2, 0) is 14.3 Å². The molecule has 0 radical (unpaired) electrons. The molecule has 0 aliphatic carbocycles. The lowest BCUT2D eigenvalue weighted by Crippen LogP contribution is -2.60. The molecule has 418 valence electrons. The molecular formula is C64H109NO8. The number of carbonyl (C=O) groups excluding carboxylic acids is 1. The van der Waals surface area contributed by atoms with Gasteiger partial charge in [-0.1, -0.05) is 245 Å². The first-order valence-corrected chi connectivity index (χ1v) is 29.6. The van der Waals surface area contributed by atoms with E-state index in [1.54, 1.807) is 6.08 Å². The van der Waals surface area contributed by atoms with Crippen LogP contribution in [0, 0.1) is 0 Å². The molecule has 1 heterocycles. The van der Waals surface area contributed by atoms with Crippen LogP contribution in [0.3, 0.4) is 0 Å². The van der Waals surface area contributed by atoms with Crippen LogP contribution in [0.4, 0.5) is 0 Å². The van der Waals surface area contributed by atoms with Gasteiger partial charge in [-0.05, 0) is 89.9 Å². The van der Waals surface area contributed by atoms with Crippen molar-refractivity contribution < 1.29 is 39.8 Å². The van der Waals surface area contributed by atoms with Crippen molar-refractivity contribution in [3.8, 4) is 0 Å². The van der Waals surface area contributed by atoms with Gasteiger partial charge in [-0.2, -0.15) is 0 Å². The average molecular weight is 1020 g/mol. The van der Waals surface area contributed by atoms with Crippen molar-refractivity contribution in [1.29, 1.82) is 0 Å². The Bertz CT molecular complexity index is 1510. The van der Waals surface area contributed by atoms with Crippen molar-refractivity contribution in [2.45, 2.75) is 275 Å². The number of unbranched alkanes of at least 4 members (excludes halogenated alkanes) is 23. The Hall–Kier alpha value is -3.15. The Morgan fingerprint density at radius 3 is 1.32 bits per heavy atom. The number of aliphatic hydroxyl groups excluding tert-OH is 5. The van der Waals surface area contributed by atoms with E-state index in [1.165, 1.54) is 128 Å². The molecule has 0 saturated carbocycles. The van der Waals surface area contributed by atoms with Gasteiger partial charge in [-0.25, -0.2) is 0 Å². The van der Waals surface area contributed by atoms with E-state index in [1.807, 2.05) is 6.08 Å². The molecule has 7 atom stereocenters. The van der Waals surface area contributed by atoms with Crippen molar-refractivity contribution in [3.63, 3.8) is 0 Å². The zero-order valence-electron chi connectivity index (χ0n) is 46.4. The maximum Gasteiger partial charge on any atom is 0.220 e. The molecule has 0 aromatic carbocycles. The van der Waals surface area contributed by atoms with Crippen molar-refractivity contribution >= 4 is 5.91 Å². The molecule has 9 heteroatoms. The summed E-state index contributed by atoms with van der Waals surface area (Å²) in [4.78, 5) is 13.0. The highest BCUT2D eigenvalue weighted by atomic mass is 16.7. The minimum Gasteiger partial charge on any atom is -0.394 e. The van der Waals surface area contributed by atoms with E-state index in [0.29, 0.717) is 6.42 Å². The van der Waals surface area contributed by atoms with Gasteiger partial charge in [-0.3, -0.25) is 4.79 Å². The summed E-state index contributed by atoms with van der Waals surface area (Å²) >= 11 is 0. The van der Waals surface area contributed by atoms with Gasteiger partial charge < -0.3 is 40.3 Å². The Morgan fingerprint density at radius 2 is 0.863 bits per heavy atom. The fraction of sp³-hybridized carbons (Fsp3) is 0.703. The molecule has 6 N–H and O–H groups in total. The zero-order chi connectivity index (χ0) is 52.9. The number of rotatable bonds is 49. The van der Waals surface area contributed by atoms with Gasteiger partial charge in [-0.15, -0.1) is 0 Å². The summed E-state index contributed by atoms with van der Waals surface area (Å²) < 4.78 is 11.2. The van der Waals surface area contributed by atoms with Gasteiger partial charge in [0, 0.05) is 6.42 Å². The van der Waals surface area contributed by atoms with Crippen LogP contribution in [0.2, 0.25) is 0 Å². The molecule has 1 rings (SSSR count). The standard InChI is InChI=1S/C64H109NO8/c1-3-5-7-9-11-13-15-17-19-20-21-22-23-24-25-26-27-28-29-30-31-32-33-34-35-36-37-38-40-42-44-46-48-50-52-54-60(68)65-57(56-72-64-63(71)62(70)61(69)59(55-66)73-64)58(67)53-51-49-47-45-43-41-39-18-16-14-12-10-8-6-4-2/h5,7,11,13,17,19,21-22,24-25,27-28,30-31,43,45,51,53,57-59,61-64,66-67,69-71H,3-4,6,8-10,12,14-16,18,20,23,26,29,32-42,44,46-50,52,54-56H2,1-2H3,(H,65,68)/b7-5-,13-11-,19-17-,22-21-,25-24-,28-27-,31-30-,45-43+,53-51+. The molecule has 0 spiro atoms. The van der Waals surface area contributed by atoms with E-state index in [4.69, 9.17) is 9.47 Å². The maximum absolute atomic E-state index is 13.0. The van der Waals surface area contributed by atoms with Crippen molar-refractivity contribution in [1.82, 2.24) is 5.32 Å². The SMILES string of the molecule is CC/C=C\C/C=C\C/C=C\C/C=C\C/C=C\C/C=C\C/C=C\CCCCCCCCCCCCCCCC(=O)NC(COC1OC(CO)C(O)C(O)C1O)C(O)/C=C/CC/C=C/CCCCCCCCCCC. The van der Waals surface area contributed by atoms with E-state index in [2.05, 4.69) is 116 Å². The molecule has 7 unspecified atom stereocenters. The van der Waals surface area contributed by atoms with Crippen molar-refractivity contribution in [2.75, 3.05) is 13.2 Å². The summed E-state index contributed by atoms with van der Waals surface area (Å²) in [6, 6.07) is -0.828. The summed E-state index contributed by atoms with van der Waals surface area (Å²) in [6.07, 6.45) is 70.2. The van der Waals surface area contributed by atoms with Crippen molar-refractivity contribution in [2.24, 2.45) is 0 Å². The van der Waals surface area contributed by atoms with Gasteiger partial charge in [0.1, 0.15) is 24.4 Å². The number of ether oxygens (including phenoxy) is 2.